The molecule has 3 rings (SSSR count). The number of nitrogens with zero attached hydrogens (tertiary/aromatic N) is 3. The first-order valence-corrected chi connectivity index (χ1v) is 15.0. The van der Waals surface area contributed by atoms with Crippen molar-refractivity contribution in [3.8, 4) is 23.0 Å². The molecule has 34 heavy (non-hydrogen) atoms. The maximum Gasteiger partial charge on any atom is 0.435 e. The second-order valence-corrected chi connectivity index (χ2v) is 15.8. The summed E-state index contributed by atoms with van der Waals surface area (Å²) >= 11 is 0. The summed E-state index contributed by atoms with van der Waals surface area (Å²) in [5.41, 5.74) is -0.258. The van der Waals surface area contributed by atoms with E-state index in [-0.39, 0.29) is 12.3 Å². The van der Waals surface area contributed by atoms with Gasteiger partial charge in [-0.3, -0.25) is 0 Å². The molecule has 0 bridgehead atoms. The van der Waals surface area contributed by atoms with Gasteiger partial charge in [0, 0.05) is 61.2 Å². The Morgan fingerprint density at radius 1 is 1.12 bits per heavy atom. The molecule has 1 aromatic carbocycles. The van der Waals surface area contributed by atoms with Crippen LogP contribution < -0.4 is 0 Å². The van der Waals surface area contributed by atoms with Crippen molar-refractivity contribution in [1.29, 1.82) is 0 Å². The van der Waals surface area contributed by atoms with Crippen LogP contribution in [0.15, 0.2) is 30.6 Å². The van der Waals surface area contributed by atoms with E-state index in [9.17, 15) is 18.3 Å². The lowest BCUT2D eigenvalue weighted by Gasteiger charge is -2.15. The number of aryl methyl sites for hydroxylation is 1. The highest BCUT2D eigenvalue weighted by Gasteiger charge is 2.38. The molecule has 0 aliphatic heterocycles. The average molecular weight is 492 g/mol. The summed E-state index contributed by atoms with van der Waals surface area (Å²) < 4.78 is 50.6. The number of aromatic nitrogens is 3. The number of ether oxygens (including phenoxy) is 1. The van der Waals surface area contributed by atoms with E-state index in [0.717, 1.165) is 11.6 Å². The molecular formula is C25H32F3N3O2Si. The van der Waals surface area contributed by atoms with Gasteiger partial charge in [0.2, 0.25) is 0 Å². The Labute approximate surface area is 199 Å². The molecule has 0 spiro atoms. The van der Waals surface area contributed by atoms with Crippen LogP contribution in [0, 0.1) is 11.8 Å². The smallest absolute Gasteiger partial charge is 0.378 e. The maximum atomic E-state index is 13.9. The predicted molar refractivity (Wildman–Crippen MR) is 131 cm³/mol. The van der Waals surface area contributed by atoms with Crippen LogP contribution in [0.25, 0.3) is 22.0 Å². The molecular weight excluding hydrogens is 459 g/mol. The number of rotatable bonds is 7. The van der Waals surface area contributed by atoms with E-state index in [4.69, 9.17) is 4.74 Å². The molecule has 0 radical (unpaired) electrons. The van der Waals surface area contributed by atoms with Crippen molar-refractivity contribution in [3.63, 3.8) is 0 Å². The van der Waals surface area contributed by atoms with E-state index in [1.165, 1.54) is 10.9 Å². The Bertz CT molecular complexity index is 1220. The monoisotopic (exact) mass is 491 g/mol. The minimum Gasteiger partial charge on any atom is -0.378 e. The Hall–Kier alpha value is -2.54. The third kappa shape index (κ3) is 6.53. The molecule has 5 nitrogen and oxygen atoms in total. The quantitative estimate of drug-likeness (QED) is 0.251. The summed E-state index contributed by atoms with van der Waals surface area (Å²) in [5, 5.41) is 14.4. The van der Waals surface area contributed by atoms with Crippen LogP contribution in [0.3, 0.4) is 0 Å². The molecule has 0 unspecified atom stereocenters. The number of fused-ring (bicyclic) bond motifs is 1. The number of aliphatic hydroxyl groups is 1. The molecule has 0 saturated heterocycles. The molecule has 9 heteroatoms. The third-order valence-corrected chi connectivity index (χ3v) is 6.98. The van der Waals surface area contributed by atoms with Crippen molar-refractivity contribution in [2.75, 3.05) is 6.61 Å². The summed E-state index contributed by atoms with van der Waals surface area (Å²) in [6.45, 7) is 12.8. The predicted octanol–water partition coefficient (Wildman–Crippen LogP) is 5.98. The lowest BCUT2D eigenvalue weighted by molar-refractivity contribution is -0.141. The molecule has 0 aliphatic carbocycles. The zero-order chi connectivity index (χ0) is 25.3. The standard InChI is InChI=1S/C25H32F3N3O2Si/c1-7-30-15-20(19-14-18(8-9-22(19)30)10-11-24(2,3)32)21-16-31(29-23(21)25(26,27)28)17-33-12-13-34(4,5)6/h8-9,14-16,32H,7,12-13,17H2,1-6H3. The van der Waals surface area contributed by atoms with Gasteiger partial charge in [-0.15, -0.1) is 0 Å². The number of hydrogen-bond acceptors (Lipinski definition) is 3. The van der Waals surface area contributed by atoms with Gasteiger partial charge in [-0.25, -0.2) is 4.68 Å². The number of hydrogen-bond donors (Lipinski definition) is 1. The highest BCUT2D eigenvalue weighted by molar-refractivity contribution is 6.76. The van der Waals surface area contributed by atoms with Gasteiger partial charge in [-0.1, -0.05) is 31.5 Å². The van der Waals surface area contributed by atoms with Gasteiger partial charge < -0.3 is 14.4 Å². The second kappa shape index (κ2) is 9.60. The fraction of sp³-hybridized carbons (Fsp3) is 0.480. The number of alkyl halides is 3. The van der Waals surface area contributed by atoms with Crippen LogP contribution in [0.5, 0.6) is 0 Å². The van der Waals surface area contributed by atoms with Crippen LogP contribution in [-0.4, -0.2) is 39.7 Å². The Morgan fingerprint density at radius 2 is 1.82 bits per heavy atom. The zero-order valence-electron chi connectivity index (χ0n) is 20.5. The Balaban J connectivity index is 2.06. The van der Waals surface area contributed by atoms with Crippen LogP contribution in [0.1, 0.15) is 32.0 Å². The van der Waals surface area contributed by atoms with E-state index in [0.29, 0.717) is 29.7 Å². The van der Waals surface area contributed by atoms with E-state index in [1.807, 2.05) is 17.6 Å². The molecule has 0 aliphatic rings. The topological polar surface area (TPSA) is 52.2 Å². The first-order valence-electron chi connectivity index (χ1n) is 11.3. The summed E-state index contributed by atoms with van der Waals surface area (Å²) in [6.07, 6.45) is -1.49. The van der Waals surface area contributed by atoms with Crippen LogP contribution in [-0.2, 0) is 24.2 Å². The van der Waals surface area contributed by atoms with Crippen LogP contribution >= 0.6 is 0 Å². The van der Waals surface area contributed by atoms with Gasteiger partial charge in [0.05, 0.1) is 0 Å². The molecule has 0 saturated carbocycles. The van der Waals surface area contributed by atoms with Gasteiger partial charge in [0.15, 0.2) is 5.69 Å². The molecule has 0 amide bonds. The minimum atomic E-state index is -4.61. The summed E-state index contributed by atoms with van der Waals surface area (Å²) in [5.74, 6) is 5.66. The average Bonchev–Trinajstić information content (AvgIpc) is 3.29. The van der Waals surface area contributed by atoms with Crippen molar-refractivity contribution < 1.29 is 23.0 Å². The fourth-order valence-electron chi connectivity index (χ4n) is 3.51. The normalized spacial score (nSPS) is 12.8. The molecule has 2 heterocycles. The van der Waals surface area contributed by atoms with Gasteiger partial charge in [0.1, 0.15) is 12.3 Å². The lowest BCUT2D eigenvalue weighted by atomic mass is 10.0. The third-order valence-electron chi connectivity index (χ3n) is 5.27. The van der Waals surface area contributed by atoms with Gasteiger partial charge >= 0.3 is 6.18 Å². The molecule has 184 valence electrons. The molecule has 3 aromatic rings. The summed E-state index contributed by atoms with van der Waals surface area (Å²) in [6, 6.07) is 6.33. The molecule has 0 fully saturated rings. The van der Waals surface area contributed by atoms with Gasteiger partial charge in [0.25, 0.3) is 0 Å². The molecule has 0 atom stereocenters. The molecule has 1 N–H and O–H groups in total. The highest BCUT2D eigenvalue weighted by Crippen LogP contribution is 2.40. The van der Waals surface area contributed by atoms with Gasteiger partial charge in [-0.2, -0.15) is 18.3 Å². The largest absolute Gasteiger partial charge is 0.435 e. The van der Waals surface area contributed by atoms with Gasteiger partial charge in [-0.05, 0) is 45.0 Å². The van der Waals surface area contributed by atoms with Crippen molar-refractivity contribution in [1.82, 2.24) is 14.3 Å². The van der Waals surface area contributed by atoms with E-state index < -0.39 is 25.5 Å². The van der Waals surface area contributed by atoms with Crippen molar-refractivity contribution in [2.24, 2.45) is 0 Å². The van der Waals surface area contributed by atoms with Crippen LogP contribution in [0.4, 0.5) is 13.2 Å². The highest BCUT2D eigenvalue weighted by atomic mass is 28.3. The number of halogens is 3. The summed E-state index contributed by atoms with van der Waals surface area (Å²) in [4.78, 5) is 0. The van der Waals surface area contributed by atoms with E-state index in [1.54, 1.807) is 32.2 Å². The van der Waals surface area contributed by atoms with Crippen molar-refractivity contribution >= 4 is 19.0 Å². The van der Waals surface area contributed by atoms with Crippen molar-refractivity contribution in [2.45, 2.75) is 71.5 Å². The Morgan fingerprint density at radius 3 is 2.41 bits per heavy atom. The zero-order valence-corrected chi connectivity index (χ0v) is 21.5. The fourth-order valence-corrected chi connectivity index (χ4v) is 4.26. The summed E-state index contributed by atoms with van der Waals surface area (Å²) in [7, 11) is -1.30. The lowest BCUT2D eigenvalue weighted by Crippen LogP contribution is -2.22. The van der Waals surface area contributed by atoms with E-state index >= 15 is 0 Å². The maximum absolute atomic E-state index is 13.9. The first kappa shape index (κ1) is 26.1. The second-order valence-electron chi connectivity index (χ2n) is 10.1. The molecule has 2 aromatic heterocycles. The first-order chi connectivity index (χ1) is 15.7. The SMILES string of the molecule is CCn1cc(-c2cn(COCC[Si](C)(C)C)nc2C(F)(F)F)c2cc(C#CC(C)(C)O)ccc21. The van der Waals surface area contributed by atoms with Crippen molar-refractivity contribution in [3.05, 3.63) is 41.9 Å². The Kier molecular flexibility index (Phi) is 7.36. The van der Waals surface area contributed by atoms with E-state index in [2.05, 4.69) is 36.6 Å². The number of benzene rings is 1. The van der Waals surface area contributed by atoms with Crippen LogP contribution in [0.2, 0.25) is 25.7 Å². The minimum absolute atomic E-state index is 0.00564.